The minimum atomic E-state index is -1.21. The molecule has 0 aliphatic carbocycles. The molecule has 0 spiro atoms. The van der Waals surface area contributed by atoms with E-state index in [1.165, 1.54) is 12.5 Å². The number of hydrogen-bond donors (Lipinski definition) is 3. The number of rotatable bonds is 9. The van der Waals surface area contributed by atoms with Crippen LogP contribution in [0.3, 0.4) is 0 Å². The molecule has 7 nitrogen and oxygen atoms in total. The molecule has 1 atom stereocenters. The summed E-state index contributed by atoms with van der Waals surface area (Å²) < 4.78 is 10.3. The number of amides is 2. The number of H-pyrrole nitrogens is 1. The van der Waals surface area contributed by atoms with Crippen LogP contribution < -0.4 is 10.6 Å². The Hall–Kier alpha value is -4.00. The minimum absolute atomic E-state index is 0.0567. The van der Waals surface area contributed by atoms with Crippen LogP contribution in [0.5, 0.6) is 0 Å². The molecule has 0 radical (unpaired) electrons. The first-order chi connectivity index (χ1) is 16.0. The van der Waals surface area contributed by atoms with Gasteiger partial charge in [0.25, 0.3) is 0 Å². The molecular weight excluding hydrogens is 418 g/mol. The van der Waals surface area contributed by atoms with Crippen LogP contribution in [-0.2, 0) is 29.0 Å². The molecule has 0 bridgehead atoms. The molecule has 4 aromatic rings. The maximum absolute atomic E-state index is 13.3. The molecule has 170 valence electrons. The van der Waals surface area contributed by atoms with Crippen molar-refractivity contribution >= 4 is 22.9 Å². The van der Waals surface area contributed by atoms with Gasteiger partial charge in [0.05, 0.1) is 12.5 Å². The molecule has 3 N–H and O–H groups in total. The number of nitrogens with one attached hydrogen (secondary N) is 3. The van der Waals surface area contributed by atoms with E-state index in [4.69, 9.17) is 9.15 Å². The summed E-state index contributed by atoms with van der Waals surface area (Å²) >= 11 is 0. The van der Waals surface area contributed by atoms with E-state index in [0.29, 0.717) is 19.4 Å². The Balaban J connectivity index is 1.47. The molecule has 2 aromatic carbocycles. The van der Waals surface area contributed by atoms with Crippen LogP contribution in [0, 0.1) is 0 Å². The molecule has 0 aliphatic rings. The predicted molar refractivity (Wildman–Crippen MR) is 126 cm³/mol. The van der Waals surface area contributed by atoms with Crippen molar-refractivity contribution in [1.29, 1.82) is 0 Å². The van der Waals surface area contributed by atoms with E-state index in [1.807, 2.05) is 60.8 Å². The van der Waals surface area contributed by atoms with E-state index in [0.717, 1.165) is 27.6 Å². The molecule has 0 unspecified atom stereocenters. The Morgan fingerprint density at radius 3 is 2.61 bits per heavy atom. The van der Waals surface area contributed by atoms with E-state index in [9.17, 15) is 9.59 Å². The fourth-order valence-electron chi connectivity index (χ4n) is 3.79. The van der Waals surface area contributed by atoms with E-state index in [-0.39, 0.29) is 12.5 Å². The highest BCUT2D eigenvalue weighted by Crippen LogP contribution is 2.23. The maximum atomic E-state index is 13.3. The first-order valence-electron chi connectivity index (χ1n) is 10.9. The molecule has 4 rings (SSSR count). The number of carbonyl (C=O) groups is 2. The Morgan fingerprint density at radius 1 is 1.03 bits per heavy atom. The van der Waals surface area contributed by atoms with Gasteiger partial charge in [0, 0.05) is 35.6 Å². The Labute approximate surface area is 192 Å². The van der Waals surface area contributed by atoms with E-state index in [1.54, 1.807) is 13.0 Å². The third-order valence-electron chi connectivity index (χ3n) is 5.59. The highest BCUT2D eigenvalue weighted by Gasteiger charge is 2.36. The standard InChI is InChI=1S/C26H27N3O4/c1-26(29-25(31)33-18-20-12-14-32-17-20,15-21-16-28-23-10-6-5-9-22(21)23)24(30)27-13-11-19-7-3-2-4-8-19/h2-10,12,14,16-17,28H,11,13,15,18H2,1H3,(H,27,30)(H,29,31)/t26-/m1/s1. The predicted octanol–water partition coefficient (Wildman–Crippen LogP) is 4.35. The lowest BCUT2D eigenvalue weighted by molar-refractivity contribution is -0.126. The monoisotopic (exact) mass is 445 g/mol. The molecular formula is C26H27N3O4. The fourth-order valence-corrected chi connectivity index (χ4v) is 3.79. The second kappa shape index (κ2) is 10.1. The van der Waals surface area contributed by atoms with Crippen LogP contribution in [0.4, 0.5) is 4.79 Å². The van der Waals surface area contributed by atoms with Gasteiger partial charge < -0.3 is 24.8 Å². The quantitative estimate of drug-likeness (QED) is 0.357. The summed E-state index contributed by atoms with van der Waals surface area (Å²) in [5.74, 6) is -0.274. The van der Waals surface area contributed by atoms with E-state index >= 15 is 0 Å². The summed E-state index contributed by atoms with van der Waals surface area (Å²) in [4.78, 5) is 29.1. The second-order valence-corrected chi connectivity index (χ2v) is 8.19. The number of fused-ring (bicyclic) bond motifs is 1. The third kappa shape index (κ3) is 5.63. The maximum Gasteiger partial charge on any atom is 0.408 e. The van der Waals surface area contributed by atoms with Gasteiger partial charge in [-0.05, 0) is 36.6 Å². The van der Waals surface area contributed by atoms with Gasteiger partial charge in [0.1, 0.15) is 12.1 Å². The first kappa shape index (κ1) is 22.2. The Bertz CT molecular complexity index is 1200. The van der Waals surface area contributed by atoms with Crippen molar-refractivity contribution in [2.45, 2.75) is 31.9 Å². The summed E-state index contributed by atoms with van der Waals surface area (Å²) in [6, 6.07) is 19.5. The Kier molecular flexibility index (Phi) is 6.78. The van der Waals surface area contributed by atoms with Crippen molar-refractivity contribution in [2.75, 3.05) is 6.54 Å². The zero-order valence-corrected chi connectivity index (χ0v) is 18.5. The highest BCUT2D eigenvalue weighted by atomic mass is 16.5. The SMILES string of the molecule is C[C@](Cc1c[nH]c2ccccc12)(NC(=O)OCc1ccoc1)C(=O)NCCc1ccccc1. The van der Waals surface area contributed by atoms with Gasteiger partial charge in [-0.15, -0.1) is 0 Å². The number of alkyl carbamates (subject to hydrolysis) is 1. The van der Waals surface area contributed by atoms with Crippen LogP contribution in [0.1, 0.15) is 23.6 Å². The van der Waals surface area contributed by atoms with Crippen LogP contribution >= 0.6 is 0 Å². The van der Waals surface area contributed by atoms with Crippen molar-refractivity contribution in [3.63, 3.8) is 0 Å². The molecule has 2 amide bonds. The smallest absolute Gasteiger partial charge is 0.408 e. The van der Waals surface area contributed by atoms with Crippen molar-refractivity contribution in [3.8, 4) is 0 Å². The summed E-state index contributed by atoms with van der Waals surface area (Å²) in [6.07, 6.45) is 5.22. The number of hydrogen-bond acceptors (Lipinski definition) is 4. The van der Waals surface area contributed by atoms with Gasteiger partial charge in [-0.25, -0.2) is 4.79 Å². The zero-order valence-electron chi connectivity index (χ0n) is 18.5. The van der Waals surface area contributed by atoms with Gasteiger partial charge in [0.15, 0.2) is 0 Å². The molecule has 2 heterocycles. The summed E-state index contributed by atoms with van der Waals surface area (Å²) in [5, 5.41) is 6.77. The number of benzene rings is 2. The van der Waals surface area contributed by atoms with Crippen molar-refractivity contribution in [2.24, 2.45) is 0 Å². The van der Waals surface area contributed by atoms with Crippen LogP contribution in [0.2, 0.25) is 0 Å². The van der Waals surface area contributed by atoms with Gasteiger partial charge in [-0.3, -0.25) is 4.79 Å². The summed E-state index contributed by atoms with van der Waals surface area (Å²) in [6.45, 7) is 2.23. The molecule has 0 aliphatic heterocycles. The van der Waals surface area contributed by atoms with Crippen LogP contribution in [0.15, 0.2) is 83.8 Å². The molecule has 0 fully saturated rings. The van der Waals surface area contributed by atoms with Crippen molar-refractivity contribution < 1.29 is 18.7 Å². The van der Waals surface area contributed by atoms with Crippen LogP contribution in [-0.4, -0.2) is 29.1 Å². The molecule has 2 aromatic heterocycles. The lowest BCUT2D eigenvalue weighted by atomic mass is 9.91. The third-order valence-corrected chi connectivity index (χ3v) is 5.59. The van der Waals surface area contributed by atoms with E-state index < -0.39 is 11.6 Å². The van der Waals surface area contributed by atoms with E-state index in [2.05, 4.69) is 15.6 Å². The van der Waals surface area contributed by atoms with Crippen molar-refractivity contribution in [1.82, 2.24) is 15.6 Å². The zero-order chi connectivity index (χ0) is 23.1. The summed E-state index contributed by atoms with van der Waals surface area (Å²) in [7, 11) is 0. The second-order valence-electron chi connectivity index (χ2n) is 8.19. The first-order valence-corrected chi connectivity index (χ1v) is 10.9. The number of carbonyl (C=O) groups excluding carboxylic acids is 2. The number of para-hydroxylation sites is 1. The average molecular weight is 446 g/mol. The molecule has 0 saturated heterocycles. The normalized spacial score (nSPS) is 12.8. The highest BCUT2D eigenvalue weighted by molar-refractivity contribution is 5.91. The summed E-state index contributed by atoms with van der Waals surface area (Å²) in [5.41, 5.74) is 2.55. The molecule has 0 saturated carbocycles. The number of ether oxygens (including phenoxy) is 1. The molecule has 7 heteroatoms. The molecule has 33 heavy (non-hydrogen) atoms. The average Bonchev–Trinajstić information content (AvgIpc) is 3.49. The van der Waals surface area contributed by atoms with Gasteiger partial charge in [0.2, 0.25) is 5.91 Å². The number of furan rings is 1. The fraction of sp³-hybridized carbons (Fsp3) is 0.231. The number of aromatic nitrogens is 1. The van der Waals surface area contributed by atoms with Crippen LogP contribution in [0.25, 0.3) is 10.9 Å². The Morgan fingerprint density at radius 2 is 1.82 bits per heavy atom. The topological polar surface area (TPSA) is 96.4 Å². The van der Waals surface area contributed by atoms with Crippen molar-refractivity contribution in [3.05, 3.63) is 96.1 Å². The lowest BCUT2D eigenvalue weighted by Crippen LogP contribution is -2.58. The van der Waals surface area contributed by atoms with Gasteiger partial charge in [-0.2, -0.15) is 0 Å². The minimum Gasteiger partial charge on any atom is -0.472 e. The van der Waals surface area contributed by atoms with Gasteiger partial charge in [-0.1, -0.05) is 48.5 Å². The lowest BCUT2D eigenvalue weighted by Gasteiger charge is -2.29. The number of aromatic amines is 1. The van der Waals surface area contributed by atoms with Gasteiger partial charge >= 0.3 is 6.09 Å². The largest absolute Gasteiger partial charge is 0.472 e.